The summed E-state index contributed by atoms with van der Waals surface area (Å²) in [5.74, 6) is -0.799. The smallest absolute Gasteiger partial charge is 0.462 e. The molecule has 0 fully saturated rings. The molecular formula is C35H71NO8P+. The van der Waals surface area contributed by atoms with Crippen LogP contribution in [0.2, 0.25) is 0 Å². The van der Waals surface area contributed by atoms with Crippen LogP contribution in [0.5, 0.6) is 0 Å². The summed E-state index contributed by atoms with van der Waals surface area (Å²) in [5.41, 5.74) is 0. The average Bonchev–Trinajstić information content (AvgIpc) is 2.97. The van der Waals surface area contributed by atoms with Crippen LogP contribution in [0, 0.1) is 0 Å². The average molecular weight is 665 g/mol. The van der Waals surface area contributed by atoms with Gasteiger partial charge in [0.2, 0.25) is 0 Å². The third-order valence-electron chi connectivity index (χ3n) is 7.89. The number of ether oxygens (including phenoxy) is 2. The lowest BCUT2D eigenvalue weighted by atomic mass is 10.0. The highest BCUT2D eigenvalue weighted by Crippen LogP contribution is 2.43. The van der Waals surface area contributed by atoms with E-state index in [0.717, 1.165) is 38.5 Å². The maximum atomic E-state index is 12.5. The number of carbonyl (C=O) groups excluding carboxylic acids is 2. The standard InChI is InChI=1S/C35H70NO8P/c1-6-8-10-12-14-15-16-17-18-19-20-22-23-25-27-34(37)41-31-33(32-43-45(39,40)42-30-29-36(3,4)5)44-35(38)28-26-24-21-13-11-9-7-2/h33H,6-32H2,1-5H3/p+1. The van der Waals surface area contributed by atoms with Crippen molar-refractivity contribution in [1.29, 1.82) is 0 Å². The van der Waals surface area contributed by atoms with Gasteiger partial charge in [-0.1, -0.05) is 136 Å². The Morgan fingerprint density at radius 1 is 0.600 bits per heavy atom. The summed E-state index contributed by atoms with van der Waals surface area (Å²) in [6.07, 6.45) is 24.5. The molecule has 2 unspecified atom stereocenters. The molecule has 0 aromatic heterocycles. The van der Waals surface area contributed by atoms with Gasteiger partial charge in [0.05, 0.1) is 27.7 Å². The molecule has 0 aromatic carbocycles. The summed E-state index contributed by atoms with van der Waals surface area (Å²) in [7, 11) is 1.48. The summed E-state index contributed by atoms with van der Waals surface area (Å²) in [6.45, 7) is 4.37. The van der Waals surface area contributed by atoms with Crippen LogP contribution in [0.4, 0.5) is 0 Å². The zero-order valence-corrected chi connectivity index (χ0v) is 30.8. The van der Waals surface area contributed by atoms with E-state index in [2.05, 4.69) is 13.8 Å². The van der Waals surface area contributed by atoms with Crippen LogP contribution in [-0.4, -0.2) is 74.9 Å². The van der Waals surface area contributed by atoms with E-state index in [1.54, 1.807) is 0 Å². The fourth-order valence-corrected chi connectivity index (χ4v) is 5.70. The van der Waals surface area contributed by atoms with Crippen LogP contribution in [0.15, 0.2) is 0 Å². The number of phosphoric acid groups is 1. The highest BCUT2D eigenvalue weighted by molar-refractivity contribution is 7.47. The Hall–Kier alpha value is -0.990. The lowest BCUT2D eigenvalue weighted by molar-refractivity contribution is -0.870. The van der Waals surface area contributed by atoms with E-state index in [1.807, 2.05) is 21.1 Å². The summed E-state index contributed by atoms with van der Waals surface area (Å²) in [4.78, 5) is 34.9. The van der Waals surface area contributed by atoms with Crippen LogP contribution in [-0.2, 0) is 32.7 Å². The molecular weight excluding hydrogens is 593 g/mol. The molecule has 0 heterocycles. The van der Waals surface area contributed by atoms with E-state index in [0.29, 0.717) is 23.9 Å². The second kappa shape index (κ2) is 29.2. The molecule has 0 aromatic rings. The minimum Gasteiger partial charge on any atom is -0.462 e. The van der Waals surface area contributed by atoms with Crippen molar-refractivity contribution in [3.05, 3.63) is 0 Å². The van der Waals surface area contributed by atoms with Gasteiger partial charge < -0.3 is 18.9 Å². The summed E-state index contributed by atoms with van der Waals surface area (Å²) in [6, 6.07) is 0. The largest absolute Gasteiger partial charge is 0.472 e. The van der Waals surface area contributed by atoms with Gasteiger partial charge in [0.25, 0.3) is 0 Å². The first-order valence-electron chi connectivity index (χ1n) is 18.3. The minimum atomic E-state index is -4.35. The third-order valence-corrected chi connectivity index (χ3v) is 8.87. The zero-order chi connectivity index (χ0) is 33.7. The number of rotatable bonds is 33. The SMILES string of the molecule is CCCCCCCCCCCCCCCCC(=O)OCC(COP(=O)(O)OCC[N+](C)(C)C)OC(=O)CCCCCCCCC. The van der Waals surface area contributed by atoms with Crippen LogP contribution >= 0.6 is 7.82 Å². The molecule has 1 N–H and O–H groups in total. The molecule has 0 aliphatic rings. The molecule has 268 valence electrons. The van der Waals surface area contributed by atoms with Gasteiger partial charge in [-0.15, -0.1) is 0 Å². The van der Waals surface area contributed by atoms with Crippen LogP contribution < -0.4 is 0 Å². The molecule has 0 aliphatic heterocycles. The quantitative estimate of drug-likeness (QED) is 0.0320. The third kappa shape index (κ3) is 32.7. The zero-order valence-electron chi connectivity index (χ0n) is 29.9. The first kappa shape index (κ1) is 44.0. The number of esters is 2. The molecule has 0 rings (SSSR count). The predicted molar refractivity (Wildman–Crippen MR) is 183 cm³/mol. The number of unbranched alkanes of at least 4 members (excludes halogenated alkanes) is 19. The van der Waals surface area contributed by atoms with Gasteiger partial charge in [0, 0.05) is 12.8 Å². The van der Waals surface area contributed by atoms with E-state index in [1.165, 1.54) is 89.9 Å². The summed E-state index contributed by atoms with van der Waals surface area (Å²) >= 11 is 0. The number of hydrogen-bond acceptors (Lipinski definition) is 7. The molecule has 0 saturated carbocycles. The molecule has 0 aliphatic carbocycles. The van der Waals surface area contributed by atoms with E-state index in [-0.39, 0.29) is 25.6 Å². The van der Waals surface area contributed by atoms with Crippen molar-refractivity contribution >= 4 is 19.8 Å². The number of carbonyl (C=O) groups is 2. The molecule has 0 radical (unpaired) electrons. The molecule has 2 atom stereocenters. The highest BCUT2D eigenvalue weighted by atomic mass is 31.2. The lowest BCUT2D eigenvalue weighted by Crippen LogP contribution is -2.37. The number of hydrogen-bond donors (Lipinski definition) is 1. The summed E-state index contributed by atoms with van der Waals surface area (Å²) < 4.78 is 34.0. The summed E-state index contributed by atoms with van der Waals surface area (Å²) in [5, 5.41) is 0. The first-order valence-corrected chi connectivity index (χ1v) is 19.8. The second-order valence-corrected chi connectivity index (χ2v) is 15.1. The number of likely N-dealkylation sites (N-methyl/N-ethyl adjacent to an activating group) is 1. The van der Waals surface area contributed by atoms with Crippen molar-refractivity contribution in [2.75, 3.05) is 47.5 Å². The topological polar surface area (TPSA) is 108 Å². The lowest BCUT2D eigenvalue weighted by Gasteiger charge is -2.24. The van der Waals surface area contributed by atoms with Gasteiger partial charge in [-0.25, -0.2) is 4.57 Å². The van der Waals surface area contributed by atoms with Crippen molar-refractivity contribution in [2.24, 2.45) is 0 Å². The molecule has 9 nitrogen and oxygen atoms in total. The molecule has 0 saturated heterocycles. The molecule has 10 heteroatoms. The fourth-order valence-electron chi connectivity index (χ4n) is 4.95. The Kier molecular flexibility index (Phi) is 28.5. The van der Waals surface area contributed by atoms with Crippen molar-refractivity contribution < 1.29 is 42.1 Å². The molecule has 0 bridgehead atoms. The van der Waals surface area contributed by atoms with Gasteiger partial charge in [-0.3, -0.25) is 18.6 Å². The van der Waals surface area contributed by atoms with Gasteiger partial charge in [-0.05, 0) is 12.8 Å². The maximum Gasteiger partial charge on any atom is 0.472 e. The maximum absolute atomic E-state index is 12.5. The predicted octanol–water partition coefficient (Wildman–Crippen LogP) is 9.29. The van der Waals surface area contributed by atoms with Crippen molar-refractivity contribution in [3.63, 3.8) is 0 Å². The first-order chi connectivity index (χ1) is 21.5. The Morgan fingerprint density at radius 2 is 1.00 bits per heavy atom. The molecule has 0 amide bonds. The molecule has 0 spiro atoms. The van der Waals surface area contributed by atoms with Crippen LogP contribution in [0.1, 0.15) is 162 Å². The van der Waals surface area contributed by atoms with Crippen LogP contribution in [0.3, 0.4) is 0 Å². The minimum absolute atomic E-state index is 0.0359. The Bertz CT molecular complexity index is 758. The monoisotopic (exact) mass is 664 g/mol. The Balaban J connectivity index is 4.35. The van der Waals surface area contributed by atoms with E-state index >= 15 is 0 Å². The number of phosphoric ester groups is 1. The highest BCUT2D eigenvalue weighted by Gasteiger charge is 2.27. The van der Waals surface area contributed by atoms with Crippen molar-refractivity contribution in [1.82, 2.24) is 0 Å². The van der Waals surface area contributed by atoms with E-state index < -0.39 is 26.5 Å². The Morgan fingerprint density at radius 3 is 1.42 bits per heavy atom. The Labute approximate surface area is 276 Å². The van der Waals surface area contributed by atoms with Gasteiger partial charge in [0.15, 0.2) is 6.10 Å². The number of quaternary nitrogens is 1. The normalized spacial score (nSPS) is 13.8. The van der Waals surface area contributed by atoms with Crippen LogP contribution in [0.25, 0.3) is 0 Å². The molecule has 45 heavy (non-hydrogen) atoms. The fraction of sp³-hybridized carbons (Fsp3) is 0.943. The van der Waals surface area contributed by atoms with Crippen molar-refractivity contribution in [2.45, 2.75) is 168 Å². The second-order valence-electron chi connectivity index (χ2n) is 13.6. The number of nitrogens with zero attached hydrogens (tertiary/aromatic N) is 1. The van der Waals surface area contributed by atoms with Gasteiger partial charge in [0.1, 0.15) is 19.8 Å². The van der Waals surface area contributed by atoms with E-state index in [4.69, 9.17) is 18.5 Å². The van der Waals surface area contributed by atoms with Gasteiger partial charge >= 0.3 is 19.8 Å². The van der Waals surface area contributed by atoms with Gasteiger partial charge in [-0.2, -0.15) is 0 Å². The van der Waals surface area contributed by atoms with E-state index in [9.17, 15) is 19.0 Å². The van der Waals surface area contributed by atoms with Crippen molar-refractivity contribution in [3.8, 4) is 0 Å².